The van der Waals surface area contributed by atoms with Crippen molar-refractivity contribution in [2.24, 2.45) is 10.7 Å². The number of fused-ring (bicyclic) bond motifs is 1. The standard InChI is InChI=1S/C13H15BrFN3S/c1-19-18-8-9(2-4-17-5-3-16)10-6-12(15)11(14)7-13(10)18/h4,6-8H,2-3,5,16H2,1H3. The molecule has 2 aromatic rings. The lowest BCUT2D eigenvalue weighted by atomic mass is 10.1. The van der Waals surface area contributed by atoms with Gasteiger partial charge in [-0.3, -0.25) is 8.96 Å². The van der Waals surface area contributed by atoms with Crippen LogP contribution in [0.4, 0.5) is 4.39 Å². The maximum atomic E-state index is 13.7. The van der Waals surface area contributed by atoms with Gasteiger partial charge in [0.2, 0.25) is 0 Å². The first kappa shape index (κ1) is 14.6. The lowest BCUT2D eigenvalue weighted by Gasteiger charge is -2.00. The molecule has 0 fully saturated rings. The molecule has 0 amide bonds. The van der Waals surface area contributed by atoms with E-state index in [1.165, 1.54) is 0 Å². The molecule has 2 N–H and O–H groups in total. The van der Waals surface area contributed by atoms with Gasteiger partial charge >= 0.3 is 0 Å². The lowest BCUT2D eigenvalue weighted by molar-refractivity contribution is 0.623. The Hall–Kier alpha value is -0.850. The molecule has 0 bridgehead atoms. The molecule has 1 aromatic carbocycles. The molecular formula is C13H15BrFN3S. The fraction of sp³-hybridized carbons (Fsp3) is 0.308. The van der Waals surface area contributed by atoms with Crippen molar-refractivity contribution in [3.05, 3.63) is 34.2 Å². The normalized spacial score (nSPS) is 11.8. The maximum Gasteiger partial charge on any atom is 0.138 e. The quantitative estimate of drug-likeness (QED) is 0.847. The molecule has 0 aliphatic carbocycles. The summed E-state index contributed by atoms with van der Waals surface area (Å²) in [6.07, 6.45) is 6.54. The third-order valence-electron chi connectivity index (χ3n) is 2.79. The number of nitrogens with zero attached hydrogens (tertiary/aromatic N) is 2. The molecule has 0 aliphatic rings. The SMILES string of the molecule is CSn1cc(CC=NCCN)c2cc(F)c(Br)cc21. The fourth-order valence-corrected chi connectivity index (χ4v) is 2.81. The van der Waals surface area contributed by atoms with E-state index in [2.05, 4.69) is 20.9 Å². The predicted molar refractivity (Wildman–Crippen MR) is 84.6 cm³/mol. The third kappa shape index (κ3) is 3.19. The van der Waals surface area contributed by atoms with E-state index >= 15 is 0 Å². The summed E-state index contributed by atoms with van der Waals surface area (Å²) >= 11 is 4.81. The third-order valence-corrected chi connectivity index (χ3v) is 4.09. The van der Waals surface area contributed by atoms with Gasteiger partial charge in [0.1, 0.15) is 5.82 Å². The minimum Gasteiger partial charge on any atom is -0.329 e. The van der Waals surface area contributed by atoms with Crippen LogP contribution in [-0.2, 0) is 6.42 Å². The van der Waals surface area contributed by atoms with Crippen LogP contribution in [0.1, 0.15) is 5.56 Å². The molecule has 19 heavy (non-hydrogen) atoms. The highest BCUT2D eigenvalue weighted by atomic mass is 79.9. The Labute approximate surface area is 124 Å². The molecule has 0 saturated carbocycles. The zero-order valence-electron chi connectivity index (χ0n) is 10.6. The van der Waals surface area contributed by atoms with Gasteiger partial charge in [-0.2, -0.15) is 0 Å². The van der Waals surface area contributed by atoms with Gasteiger partial charge in [0, 0.05) is 37.0 Å². The van der Waals surface area contributed by atoms with E-state index in [1.807, 2.05) is 28.7 Å². The molecule has 0 unspecified atom stereocenters. The summed E-state index contributed by atoms with van der Waals surface area (Å²) in [5.74, 6) is -0.244. The van der Waals surface area contributed by atoms with Crippen LogP contribution in [0.15, 0.2) is 27.8 Å². The van der Waals surface area contributed by atoms with Crippen molar-refractivity contribution in [2.75, 3.05) is 19.3 Å². The Morgan fingerprint density at radius 3 is 3.00 bits per heavy atom. The maximum absolute atomic E-state index is 13.7. The number of hydrogen-bond donors (Lipinski definition) is 1. The second kappa shape index (κ2) is 6.54. The second-order valence-corrected chi connectivity index (χ2v) is 5.64. The van der Waals surface area contributed by atoms with Gasteiger partial charge in [-0.1, -0.05) is 0 Å². The van der Waals surface area contributed by atoms with Crippen LogP contribution in [0.25, 0.3) is 10.9 Å². The average Bonchev–Trinajstić information content (AvgIpc) is 2.73. The molecule has 0 atom stereocenters. The predicted octanol–water partition coefficient (Wildman–Crippen LogP) is 3.24. The number of nitrogens with two attached hydrogens (primary N) is 1. The van der Waals surface area contributed by atoms with E-state index in [9.17, 15) is 4.39 Å². The highest BCUT2D eigenvalue weighted by molar-refractivity contribution is 9.10. The van der Waals surface area contributed by atoms with E-state index in [4.69, 9.17) is 5.73 Å². The van der Waals surface area contributed by atoms with Crippen LogP contribution >= 0.6 is 27.9 Å². The number of benzene rings is 1. The van der Waals surface area contributed by atoms with Gasteiger partial charge in [0.05, 0.1) is 16.5 Å². The fourth-order valence-electron chi connectivity index (χ4n) is 1.90. The summed E-state index contributed by atoms with van der Waals surface area (Å²) in [5, 5.41) is 0.925. The molecule has 2 rings (SSSR count). The van der Waals surface area contributed by atoms with Crippen LogP contribution in [-0.4, -0.2) is 29.5 Å². The van der Waals surface area contributed by atoms with Gasteiger partial charge in [-0.05, 0) is 45.6 Å². The molecule has 1 heterocycles. The molecule has 6 heteroatoms. The molecule has 0 radical (unpaired) electrons. The van der Waals surface area contributed by atoms with Crippen LogP contribution in [0.5, 0.6) is 0 Å². The van der Waals surface area contributed by atoms with E-state index < -0.39 is 0 Å². The summed E-state index contributed by atoms with van der Waals surface area (Å²) < 4.78 is 16.2. The first-order chi connectivity index (χ1) is 9.17. The lowest BCUT2D eigenvalue weighted by Crippen LogP contribution is -2.02. The molecule has 3 nitrogen and oxygen atoms in total. The zero-order chi connectivity index (χ0) is 13.8. The monoisotopic (exact) mass is 343 g/mol. The highest BCUT2D eigenvalue weighted by Crippen LogP contribution is 2.29. The first-order valence-corrected chi connectivity index (χ1v) is 7.86. The number of halogens is 2. The Kier molecular flexibility index (Phi) is 5.01. The summed E-state index contributed by atoms with van der Waals surface area (Å²) in [5.41, 5.74) is 7.45. The smallest absolute Gasteiger partial charge is 0.138 e. The molecule has 0 saturated heterocycles. The van der Waals surface area contributed by atoms with Crippen molar-refractivity contribution in [2.45, 2.75) is 6.42 Å². The Morgan fingerprint density at radius 1 is 1.53 bits per heavy atom. The molecule has 0 aliphatic heterocycles. The van der Waals surface area contributed by atoms with Gasteiger partial charge in [-0.25, -0.2) is 4.39 Å². The summed E-state index contributed by atoms with van der Waals surface area (Å²) in [6, 6.07) is 3.37. The van der Waals surface area contributed by atoms with E-state index in [0.717, 1.165) is 16.5 Å². The molecule has 0 spiro atoms. The van der Waals surface area contributed by atoms with Crippen molar-refractivity contribution in [1.29, 1.82) is 0 Å². The largest absolute Gasteiger partial charge is 0.329 e. The van der Waals surface area contributed by atoms with Gasteiger partial charge < -0.3 is 5.73 Å². The van der Waals surface area contributed by atoms with Crippen LogP contribution in [0.2, 0.25) is 0 Å². The Balaban J connectivity index is 2.41. The topological polar surface area (TPSA) is 43.3 Å². The van der Waals surface area contributed by atoms with Gasteiger partial charge in [0.25, 0.3) is 0 Å². The number of aromatic nitrogens is 1. The van der Waals surface area contributed by atoms with Crippen LogP contribution in [0, 0.1) is 5.82 Å². The molecule has 1 aromatic heterocycles. The number of hydrogen-bond acceptors (Lipinski definition) is 3. The van der Waals surface area contributed by atoms with Crippen molar-refractivity contribution in [1.82, 2.24) is 3.97 Å². The number of rotatable bonds is 5. The number of aliphatic imine (C=N–C) groups is 1. The minimum atomic E-state index is -0.244. The highest BCUT2D eigenvalue weighted by Gasteiger charge is 2.11. The van der Waals surface area contributed by atoms with Gasteiger partial charge in [-0.15, -0.1) is 0 Å². The van der Waals surface area contributed by atoms with E-state index in [-0.39, 0.29) is 5.82 Å². The van der Waals surface area contributed by atoms with Crippen molar-refractivity contribution < 1.29 is 4.39 Å². The minimum absolute atomic E-state index is 0.244. The Bertz CT molecular complexity index is 609. The van der Waals surface area contributed by atoms with Crippen molar-refractivity contribution in [3.8, 4) is 0 Å². The van der Waals surface area contributed by atoms with E-state index in [0.29, 0.717) is 24.0 Å². The van der Waals surface area contributed by atoms with Crippen molar-refractivity contribution >= 4 is 45.0 Å². The second-order valence-electron chi connectivity index (χ2n) is 4.03. The van der Waals surface area contributed by atoms with Crippen LogP contribution in [0.3, 0.4) is 0 Å². The average molecular weight is 344 g/mol. The molecule has 102 valence electrons. The van der Waals surface area contributed by atoms with Crippen molar-refractivity contribution in [3.63, 3.8) is 0 Å². The van der Waals surface area contributed by atoms with Crippen LogP contribution < -0.4 is 5.73 Å². The Morgan fingerprint density at radius 2 is 2.32 bits per heavy atom. The first-order valence-electron chi connectivity index (χ1n) is 5.89. The summed E-state index contributed by atoms with van der Waals surface area (Å²) in [6.45, 7) is 1.17. The summed E-state index contributed by atoms with van der Waals surface area (Å²) in [7, 11) is 0. The molecular weight excluding hydrogens is 329 g/mol. The van der Waals surface area contributed by atoms with E-state index in [1.54, 1.807) is 18.0 Å². The van der Waals surface area contributed by atoms with Gasteiger partial charge in [0.15, 0.2) is 0 Å². The zero-order valence-corrected chi connectivity index (χ0v) is 13.0. The summed E-state index contributed by atoms with van der Waals surface area (Å²) in [4.78, 5) is 4.20.